The van der Waals surface area contributed by atoms with Gasteiger partial charge < -0.3 is 9.84 Å². The summed E-state index contributed by atoms with van der Waals surface area (Å²) >= 11 is 0. The summed E-state index contributed by atoms with van der Waals surface area (Å²) < 4.78 is 5.40. The zero-order valence-corrected chi connectivity index (χ0v) is 13.0. The van der Waals surface area contributed by atoms with Crippen molar-refractivity contribution in [1.29, 1.82) is 0 Å². The molecule has 1 aliphatic heterocycles. The highest BCUT2D eigenvalue weighted by Gasteiger charge is 2.36. The maximum Gasteiger partial charge on any atom is 0.308 e. The Bertz CT molecular complexity index is 403. The molecule has 3 heteroatoms. The Morgan fingerprint density at radius 3 is 2.86 bits per heavy atom. The van der Waals surface area contributed by atoms with Crippen LogP contribution in [0.25, 0.3) is 0 Å². The number of rotatable bonds is 3. The van der Waals surface area contributed by atoms with E-state index in [1.807, 2.05) is 0 Å². The van der Waals surface area contributed by atoms with E-state index in [0.29, 0.717) is 12.3 Å². The number of fused-ring (bicyclic) bond motifs is 1. The second-order valence-electron chi connectivity index (χ2n) is 7.30. The number of aliphatic hydroxyl groups excluding tert-OH is 1. The quantitative estimate of drug-likeness (QED) is 0.640. The van der Waals surface area contributed by atoms with Crippen molar-refractivity contribution < 1.29 is 14.6 Å². The number of aliphatic hydroxyl groups is 1. The van der Waals surface area contributed by atoms with Crippen LogP contribution < -0.4 is 0 Å². The molecule has 0 amide bonds. The summed E-state index contributed by atoms with van der Waals surface area (Å²) in [6.45, 7) is 2.33. The predicted molar refractivity (Wildman–Crippen MR) is 81.6 cm³/mol. The number of esters is 1. The summed E-state index contributed by atoms with van der Waals surface area (Å²) in [6.07, 6.45) is 12.6. The average Bonchev–Trinajstić information content (AvgIpc) is 2.45. The topological polar surface area (TPSA) is 46.5 Å². The van der Waals surface area contributed by atoms with Gasteiger partial charge in [-0.3, -0.25) is 4.79 Å². The molecule has 3 rings (SSSR count). The lowest BCUT2D eigenvalue weighted by molar-refractivity contribution is -0.160. The van der Waals surface area contributed by atoms with E-state index in [2.05, 4.69) is 19.1 Å². The number of carbonyl (C=O) groups excluding carboxylic acids is 1. The van der Waals surface area contributed by atoms with Crippen LogP contribution in [0.4, 0.5) is 0 Å². The van der Waals surface area contributed by atoms with E-state index >= 15 is 0 Å². The van der Waals surface area contributed by atoms with E-state index in [9.17, 15) is 9.90 Å². The lowest BCUT2D eigenvalue weighted by Crippen LogP contribution is -2.36. The monoisotopic (exact) mass is 292 g/mol. The van der Waals surface area contributed by atoms with Gasteiger partial charge in [0.2, 0.25) is 0 Å². The normalized spacial score (nSPS) is 43.2. The molecular formula is C18H28O3. The number of hydrogen-bond acceptors (Lipinski definition) is 3. The molecule has 6 atom stereocenters. The minimum Gasteiger partial charge on any atom is -0.462 e. The van der Waals surface area contributed by atoms with Crippen molar-refractivity contribution in [1.82, 2.24) is 0 Å². The predicted octanol–water partition coefficient (Wildman–Crippen LogP) is 3.46. The van der Waals surface area contributed by atoms with Crippen molar-refractivity contribution in [3.63, 3.8) is 0 Å². The van der Waals surface area contributed by atoms with E-state index in [-0.39, 0.29) is 18.5 Å². The third kappa shape index (κ3) is 3.50. The highest BCUT2D eigenvalue weighted by atomic mass is 16.5. The minimum absolute atomic E-state index is 0.0682. The van der Waals surface area contributed by atoms with Gasteiger partial charge in [0.25, 0.3) is 0 Å². The van der Waals surface area contributed by atoms with E-state index in [4.69, 9.17) is 4.74 Å². The molecule has 0 aromatic carbocycles. The summed E-state index contributed by atoms with van der Waals surface area (Å²) in [5, 5.41) is 9.71. The molecule has 0 unspecified atom stereocenters. The molecule has 2 aliphatic carbocycles. The zero-order chi connectivity index (χ0) is 14.8. The highest BCUT2D eigenvalue weighted by Crippen LogP contribution is 2.45. The molecule has 118 valence electrons. The SMILES string of the molecule is C[C@@H]1C=C[C@@H]2CCCC[C@@H]2[C@@H]1CC[C@@H]1C[C@H](O)CC(=O)O1. The first kappa shape index (κ1) is 15.1. The molecule has 0 bridgehead atoms. The second kappa shape index (κ2) is 6.51. The first-order valence-corrected chi connectivity index (χ1v) is 8.69. The molecule has 3 aliphatic rings. The van der Waals surface area contributed by atoms with Gasteiger partial charge in [-0.1, -0.05) is 31.9 Å². The van der Waals surface area contributed by atoms with Crippen molar-refractivity contribution in [2.45, 2.75) is 70.5 Å². The van der Waals surface area contributed by atoms with Gasteiger partial charge in [0.15, 0.2) is 0 Å². The Morgan fingerprint density at radius 1 is 1.24 bits per heavy atom. The van der Waals surface area contributed by atoms with Gasteiger partial charge in [-0.2, -0.15) is 0 Å². The van der Waals surface area contributed by atoms with Crippen LogP contribution in [0.3, 0.4) is 0 Å². The Balaban J connectivity index is 1.58. The number of hydrogen-bond donors (Lipinski definition) is 1. The minimum atomic E-state index is -0.498. The first-order valence-electron chi connectivity index (χ1n) is 8.69. The molecule has 0 spiro atoms. The summed E-state index contributed by atoms with van der Waals surface area (Å²) in [5.41, 5.74) is 0. The van der Waals surface area contributed by atoms with Gasteiger partial charge in [-0.15, -0.1) is 0 Å². The summed E-state index contributed by atoms with van der Waals surface area (Å²) in [7, 11) is 0. The fourth-order valence-corrected chi connectivity index (χ4v) is 4.70. The molecule has 1 heterocycles. The molecule has 1 saturated heterocycles. The maximum atomic E-state index is 11.4. The lowest BCUT2D eigenvalue weighted by atomic mass is 9.64. The highest BCUT2D eigenvalue weighted by molar-refractivity contribution is 5.70. The van der Waals surface area contributed by atoms with Gasteiger partial charge in [0, 0.05) is 6.42 Å². The molecule has 3 nitrogen and oxygen atoms in total. The van der Waals surface area contributed by atoms with Crippen LogP contribution in [-0.2, 0) is 9.53 Å². The Kier molecular flexibility index (Phi) is 4.68. The number of allylic oxidation sites excluding steroid dienone is 2. The van der Waals surface area contributed by atoms with Crippen molar-refractivity contribution in [2.24, 2.45) is 23.7 Å². The van der Waals surface area contributed by atoms with E-state index in [0.717, 1.165) is 30.6 Å². The van der Waals surface area contributed by atoms with Crippen LogP contribution in [0.5, 0.6) is 0 Å². The smallest absolute Gasteiger partial charge is 0.308 e. The maximum absolute atomic E-state index is 11.4. The number of ether oxygens (including phenoxy) is 1. The number of carbonyl (C=O) groups is 1. The van der Waals surface area contributed by atoms with Gasteiger partial charge >= 0.3 is 5.97 Å². The Labute approximate surface area is 127 Å². The van der Waals surface area contributed by atoms with Gasteiger partial charge in [-0.05, 0) is 49.4 Å². The second-order valence-corrected chi connectivity index (χ2v) is 7.30. The van der Waals surface area contributed by atoms with Crippen molar-refractivity contribution >= 4 is 5.97 Å². The molecule has 0 aromatic heterocycles. The lowest BCUT2D eigenvalue weighted by Gasteiger charge is -2.42. The van der Waals surface area contributed by atoms with Crippen molar-refractivity contribution in [2.75, 3.05) is 0 Å². The Morgan fingerprint density at radius 2 is 2.05 bits per heavy atom. The first-order chi connectivity index (χ1) is 10.1. The molecule has 2 fully saturated rings. The fraction of sp³-hybridized carbons (Fsp3) is 0.833. The van der Waals surface area contributed by atoms with E-state index in [1.165, 1.54) is 25.7 Å². The van der Waals surface area contributed by atoms with Crippen molar-refractivity contribution in [3.8, 4) is 0 Å². The average molecular weight is 292 g/mol. The standard InChI is InChI=1S/C18H28O3/c1-12-6-7-13-4-2-3-5-17(13)16(12)9-8-15-10-14(19)11-18(20)21-15/h6-7,12-17,19H,2-5,8-11H2,1H3/t12-,13+,14+,15-,16-,17+/m1/s1. The van der Waals surface area contributed by atoms with Gasteiger partial charge in [0.05, 0.1) is 12.5 Å². The van der Waals surface area contributed by atoms with Crippen LogP contribution in [-0.4, -0.2) is 23.3 Å². The van der Waals surface area contributed by atoms with Gasteiger partial charge in [-0.25, -0.2) is 0 Å². The Hall–Kier alpha value is -0.830. The molecule has 1 saturated carbocycles. The third-order valence-corrected chi connectivity index (χ3v) is 5.82. The van der Waals surface area contributed by atoms with E-state index in [1.54, 1.807) is 0 Å². The molecule has 21 heavy (non-hydrogen) atoms. The van der Waals surface area contributed by atoms with Crippen LogP contribution >= 0.6 is 0 Å². The van der Waals surface area contributed by atoms with E-state index < -0.39 is 6.10 Å². The summed E-state index contributed by atoms with van der Waals surface area (Å²) in [6, 6.07) is 0. The third-order valence-electron chi connectivity index (χ3n) is 5.82. The number of cyclic esters (lactones) is 1. The van der Waals surface area contributed by atoms with Crippen LogP contribution in [0, 0.1) is 23.7 Å². The fourth-order valence-electron chi connectivity index (χ4n) is 4.70. The molecule has 1 N–H and O–H groups in total. The largest absolute Gasteiger partial charge is 0.462 e. The molecular weight excluding hydrogens is 264 g/mol. The van der Waals surface area contributed by atoms with Crippen LogP contribution in [0.1, 0.15) is 58.3 Å². The van der Waals surface area contributed by atoms with Crippen molar-refractivity contribution in [3.05, 3.63) is 12.2 Å². The van der Waals surface area contributed by atoms with Crippen LogP contribution in [0.2, 0.25) is 0 Å². The molecule has 0 radical (unpaired) electrons. The summed E-state index contributed by atoms with van der Waals surface area (Å²) in [5.74, 6) is 2.72. The summed E-state index contributed by atoms with van der Waals surface area (Å²) in [4.78, 5) is 11.4. The van der Waals surface area contributed by atoms with Crippen LogP contribution in [0.15, 0.2) is 12.2 Å². The van der Waals surface area contributed by atoms with Gasteiger partial charge in [0.1, 0.15) is 6.10 Å². The molecule has 0 aromatic rings. The zero-order valence-electron chi connectivity index (χ0n) is 13.0.